The second-order valence-corrected chi connectivity index (χ2v) is 1.35. The number of nitrogens with zero attached hydrogens (tertiary/aromatic N) is 1. The summed E-state index contributed by atoms with van der Waals surface area (Å²) in [7, 11) is 0. The fourth-order valence-corrected chi connectivity index (χ4v) is 0.0732. The van der Waals surface area contributed by atoms with Crippen LogP contribution in [0.5, 0.6) is 0 Å². The summed E-state index contributed by atoms with van der Waals surface area (Å²) < 4.78 is 33.7. The average Bonchev–Trinajstić information content (AvgIpc) is 1.62. The third kappa shape index (κ3) is 1.90. The predicted octanol–water partition coefficient (Wildman–Crippen LogP) is 1.97. The molecule has 0 saturated carbocycles. The van der Waals surface area contributed by atoms with Crippen molar-refractivity contribution in [2.75, 3.05) is 0 Å². The van der Waals surface area contributed by atoms with Crippen LogP contribution in [0.15, 0.2) is 5.11 Å². The second-order valence-electron chi connectivity index (χ2n) is 1.35. The smallest absolute Gasteiger partial charge is 0.209 e. The lowest BCUT2D eigenvalue weighted by Crippen LogP contribution is -2.22. The summed E-state index contributed by atoms with van der Waals surface area (Å²) in [6.45, 7) is 0.826. The van der Waals surface area contributed by atoms with Crippen LogP contribution in [0.25, 0.3) is 0 Å². The highest BCUT2D eigenvalue weighted by Gasteiger charge is 2.35. The highest BCUT2D eigenvalue weighted by molar-refractivity contribution is 4.64. The van der Waals surface area contributed by atoms with Gasteiger partial charge in [-0.1, -0.05) is 0 Å². The highest BCUT2D eigenvalue weighted by Crippen LogP contribution is 2.21. The molecule has 0 bridgehead atoms. The zero-order valence-electron chi connectivity index (χ0n) is 4.16. The van der Waals surface area contributed by atoms with Crippen LogP contribution in [0.3, 0.4) is 0 Å². The Morgan fingerprint density at radius 3 is 1.88 bits per heavy atom. The van der Waals surface area contributed by atoms with Crippen LogP contribution in [0, 0.1) is 5.53 Å². The zero-order chi connectivity index (χ0) is 6.78. The quantitative estimate of drug-likeness (QED) is 0.521. The van der Waals surface area contributed by atoms with E-state index >= 15 is 0 Å². The molecule has 1 N–H and O–H groups in total. The van der Waals surface area contributed by atoms with Gasteiger partial charge in [-0.2, -0.15) is 18.3 Å². The van der Waals surface area contributed by atoms with E-state index in [1.807, 2.05) is 0 Å². The number of rotatable bonds is 1. The van der Waals surface area contributed by atoms with E-state index in [0.717, 1.165) is 6.92 Å². The van der Waals surface area contributed by atoms with Crippen LogP contribution in [0.1, 0.15) is 6.92 Å². The Kier molecular flexibility index (Phi) is 1.94. The van der Waals surface area contributed by atoms with Crippen LogP contribution >= 0.6 is 0 Å². The summed E-state index contributed by atoms with van der Waals surface area (Å²) in [5.41, 5.74) is 5.97. The molecule has 0 aliphatic heterocycles. The fraction of sp³-hybridized carbons (Fsp3) is 1.00. The lowest BCUT2D eigenvalue weighted by atomic mass is 10.4. The number of halogens is 3. The minimum Gasteiger partial charge on any atom is -0.209 e. The molecule has 0 radical (unpaired) electrons. The van der Waals surface area contributed by atoms with Crippen molar-refractivity contribution < 1.29 is 13.2 Å². The van der Waals surface area contributed by atoms with Gasteiger partial charge in [0.25, 0.3) is 0 Å². The monoisotopic (exact) mass is 126 g/mol. The minimum atomic E-state index is -4.35. The molecule has 1 unspecified atom stereocenters. The molecule has 0 aliphatic rings. The van der Waals surface area contributed by atoms with Gasteiger partial charge in [-0.05, 0) is 6.92 Å². The fourth-order valence-electron chi connectivity index (χ4n) is 0.0732. The van der Waals surface area contributed by atoms with Gasteiger partial charge in [0.2, 0.25) is 0 Å². The molecule has 1 atom stereocenters. The van der Waals surface area contributed by atoms with Crippen LogP contribution in [-0.4, -0.2) is 12.2 Å². The molecule has 5 heteroatoms. The second kappa shape index (κ2) is 2.11. The van der Waals surface area contributed by atoms with Crippen molar-refractivity contribution in [2.24, 2.45) is 5.11 Å². The van der Waals surface area contributed by atoms with Gasteiger partial charge >= 0.3 is 6.18 Å². The van der Waals surface area contributed by atoms with Crippen LogP contribution < -0.4 is 0 Å². The van der Waals surface area contributed by atoms with Gasteiger partial charge in [-0.15, -0.1) is 0 Å². The molecule has 0 aromatic heterocycles. The number of alkyl halides is 3. The van der Waals surface area contributed by atoms with Crippen molar-refractivity contribution in [1.29, 1.82) is 5.53 Å². The summed E-state index contributed by atoms with van der Waals surface area (Å²) in [4.78, 5) is 0. The topological polar surface area (TPSA) is 36.2 Å². The number of hydrogen-bond donors (Lipinski definition) is 1. The maximum atomic E-state index is 11.2. The van der Waals surface area contributed by atoms with Crippen molar-refractivity contribution in [1.82, 2.24) is 0 Å². The van der Waals surface area contributed by atoms with Gasteiger partial charge in [0.05, 0.1) is 0 Å². The van der Waals surface area contributed by atoms with Crippen molar-refractivity contribution in [2.45, 2.75) is 19.1 Å². The molecule has 0 heterocycles. The van der Waals surface area contributed by atoms with E-state index in [0.29, 0.717) is 0 Å². The van der Waals surface area contributed by atoms with E-state index in [1.54, 1.807) is 0 Å². The van der Waals surface area contributed by atoms with Crippen molar-refractivity contribution in [3.63, 3.8) is 0 Å². The molecule has 8 heavy (non-hydrogen) atoms. The normalized spacial score (nSPS) is 15.5. The van der Waals surface area contributed by atoms with E-state index in [9.17, 15) is 13.2 Å². The van der Waals surface area contributed by atoms with Gasteiger partial charge in [-0.25, -0.2) is 5.53 Å². The summed E-state index contributed by atoms with van der Waals surface area (Å²) in [6, 6.07) is -1.86. The minimum absolute atomic E-state index is 0.826. The van der Waals surface area contributed by atoms with Crippen molar-refractivity contribution in [3.8, 4) is 0 Å². The molecule has 0 fully saturated rings. The molecule has 0 rings (SSSR count). The van der Waals surface area contributed by atoms with Crippen LogP contribution in [0.4, 0.5) is 13.2 Å². The summed E-state index contributed by atoms with van der Waals surface area (Å²) in [5, 5.41) is 2.28. The molecule has 0 aliphatic carbocycles. The summed E-state index contributed by atoms with van der Waals surface area (Å²) >= 11 is 0. The summed E-state index contributed by atoms with van der Waals surface area (Å²) in [5.74, 6) is 0. The molecular weight excluding hydrogens is 121 g/mol. The van der Waals surface area contributed by atoms with Gasteiger partial charge in [0.1, 0.15) is 0 Å². The van der Waals surface area contributed by atoms with E-state index in [2.05, 4.69) is 5.11 Å². The Bertz CT molecular complexity index is 87.0. The van der Waals surface area contributed by atoms with Crippen LogP contribution in [-0.2, 0) is 0 Å². The first-order valence-electron chi connectivity index (χ1n) is 1.91. The zero-order valence-corrected chi connectivity index (χ0v) is 4.16. The largest absolute Gasteiger partial charge is 0.412 e. The molecule has 48 valence electrons. The first-order chi connectivity index (χ1) is 3.48. The lowest BCUT2D eigenvalue weighted by Gasteiger charge is -2.06. The Morgan fingerprint density at radius 1 is 1.50 bits per heavy atom. The summed E-state index contributed by atoms with van der Waals surface area (Å²) in [6.07, 6.45) is -4.35. The molecule has 0 aromatic carbocycles. The first-order valence-corrected chi connectivity index (χ1v) is 1.91. The molecule has 0 aromatic rings. The number of nitrogens with one attached hydrogen (secondary N) is 1. The standard InChI is InChI=1S/C3H5F3N2/c1-2(8-7)3(4,5)6/h2,7H,1H3. The van der Waals surface area contributed by atoms with E-state index in [-0.39, 0.29) is 0 Å². The third-order valence-corrected chi connectivity index (χ3v) is 0.667. The van der Waals surface area contributed by atoms with E-state index in [1.165, 1.54) is 0 Å². The predicted molar refractivity (Wildman–Crippen MR) is 20.7 cm³/mol. The molecule has 0 saturated heterocycles. The Hall–Kier alpha value is -0.610. The average molecular weight is 126 g/mol. The Morgan fingerprint density at radius 2 is 1.88 bits per heavy atom. The van der Waals surface area contributed by atoms with Crippen molar-refractivity contribution >= 4 is 0 Å². The Balaban J connectivity index is 3.80. The molecular formula is C3H5F3N2. The molecule has 0 spiro atoms. The highest BCUT2D eigenvalue weighted by atomic mass is 19.4. The van der Waals surface area contributed by atoms with Gasteiger partial charge in [-0.3, -0.25) is 0 Å². The maximum Gasteiger partial charge on any atom is 0.412 e. The molecule has 0 amide bonds. The van der Waals surface area contributed by atoms with Crippen LogP contribution in [0.2, 0.25) is 0 Å². The van der Waals surface area contributed by atoms with E-state index < -0.39 is 12.2 Å². The van der Waals surface area contributed by atoms with Gasteiger partial charge in [0.15, 0.2) is 6.04 Å². The first kappa shape index (κ1) is 7.39. The number of hydrogen-bond acceptors (Lipinski definition) is 2. The van der Waals surface area contributed by atoms with Gasteiger partial charge < -0.3 is 0 Å². The maximum absolute atomic E-state index is 11.2. The molecule has 2 nitrogen and oxygen atoms in total. The van der Waals surface area contributed by atoms with Crippen molar-refractivity contribution in [3.05, 3.63) is 0 Å². The van der Waals surface area contributed by atoms with Gasteiger partial charge in [0, 0.05) is 0 Å². The third-order valence-electron chi connectivity index (χ3n) is 0.667. The SMILES string of the molecule is CC(N=N)C(F)(F)F. The Labute approximate surface area is 44.2 Å². The lowest BCUT2D eigenvalue weighted by molar-refractivity contribution is -0.144. The van der Waals surface area contributed by atoms with E-state index in [4.69, 9.17) is 5.53 Å².